The first kappa shape index (κ1) is 17.9. The fourth-order valence-electron chi connectivity index (χ4n) is 2.39. The largest absolute Gasteiger partial charge is 0.372 e. The summed E-state index contributed by atoms with van der Waals surface area (Å²) in [5.74, 6) is 0. The molecule has 0 aliphatic heterocycles. The van der Waals surface area contributed by atoms with Gasteiger partial charge < -0.3 is 10.2 Å². The van der Waals surface area contributed by atoms with Gasteiger partial charge in [0.1, 0.15) is 0 Å². The number of thiocarbonyl (C=S) groups is 1. The molecule has 0 aromatic heterocycles. The lowest BCUT2D eigenvalue weighted by Crippen LogP contribution is -2.24. The predicted octanol–water partition coefficient (Wildman–Crippen LogP) is 4.16. The fraction of sp³-hybridized carbons (Fsp3) is 0.263. The summed E-state index contributed by atoms with van der Waals surface area (Å²) in [5, 5.41) is 7.80. The van der Waals surface area contributed by atoms with Crippen LogP contribution in [0.3, 0.4) is 0 Å². The lowest BCUT2D eigenvalue weighted by molar-refractivity contribution is 0.866. The van der Waals surface area contributed by atoms with Gasteiger partial charge in [-0.1, -0.05) is 30.3 Å². The third-order valence-electron chi connectivity index (χ3n) is 3.79. The third-order valence-corrected chi connectivity index (χ3v) is 3.99. The Hall–Kier alpha value is -2.40. The van der Waals surface area contributed by atoms with E-state index < -0.39 is 0 Å². The maximum absolute atomic E-state index is 5.25. The van der Waals surface area contributed by atoms with Crippen LogP contribution < -0.4 is 15.6 Å². The summed E-state index contributed by atoms with van der Waals surface area (Å²) in [6.45, 7) is 8.36. The molecule has 0 radical (unpaired) electrons. The third kappa shape index (κ3) is 5.06. The minimum atomic E-state index is 0.473. The van der Waals surface area contributed by atoms with Crippen molar-refractivity contribution in [3.8, 4) is 0 Å². The van der Waals surface area contributed by atoms with Gasteiger partial charge in [0, 0.05) is 24.5 Å². The monoisotopic (exact) mass is 340 g/mol. The number of aryl methyl sites for hydroxylation is 1. The zero-order chi connectivity index (χ0) is 17.4. The van der Waals surface area contributed by atoms with Crippen molar-refractivity contribution in [1.82, 2.24) is 5.43 Å². The maximum atomic E-state index is 5.25. The number of hydrazone groups is 1. The fourth-order valence-corrected chi connectivity index (χ4v) is 2.55. The number of nitrogens with one attached hydrogen (secondary N) is 2. The highest BCUT2D eigenvalue weighted by atomic mass is 32.1. The Labute approximate surface area is 149 Å². The van der Waals surface area contributed by atoms with E-state index >= 15 is 0 Å². The van der Waals surface area contributed by atoms with Crippen LogP contribution in [0.1, 0.15) is 25.0 Å². The molecule has 0 spiro atoms. The van der Waals surface area contributed by atoms with Gasteiger partial charge in [-0.05, 0) is 62.3 Å². The van der Waals surface area contributed by atoms with Crippen LogP contribution in [-0.4, -0.2) is 24.4 Å². The molecule has 2 aromatic rings. The van der Waals surface area contributed by atoms with E-state index in [2.05, 4.69) is 58.9 Å². The SMILES string of the molecule is CCN(CC)c1ccc(C=NNC(=S)Nc2ccccc2C)cc1. The molecular weight excluding hydrogens is 316 g/mol. The number of rotatable bonds is 6. The highest BCUT2D eigenvalue weighted by molar-refractivity contribution is 7.80. The summed E-state index contributed by atoms with van der Waals surface area (Å²) in [6, 6.07) is 16.3. The van der Waals surface area contributed by atoms with E-state index in [9.17, 15) is 0 Å². The summed E-state index contributed by atoms with van der Waals surface area (Å²) in [5.41, 5.74) is 7.21. The number of benzene rings is 2. The van der Waals surface area contributed by atoms with Crippen molar-refractivity contribution in [2.24, 2.45) is 5.10 Å². The average molecular weight is 340 g/mol. The number of nitrogens with zero attached hydrogens (tertiary/aromatic N) is 2. The van der Waals surface area contributed by atoms with Gasteiger partial charge in [-0.2, -0.15) is 5.10 Å². The molecule has 2 N–H and O–H groups in total. The first-order valence-electron chi connectivity index (χ1n) is 8.14. The molecule has 0 fully saturated rings. The molecule has 4 nitrogen and oxygen atoms in total. The molecule has 0 atom stereocenters. The molecule has 0 saturated heterocycles. The van der Waals surface area contributed by atoms with Crippen molar-refractivity contribution in [1.29, 1.82) is 0 Å². The lowest BCUT2D eigenvalue weighted by atomic mass is 10.2. The quantitative estimate of drug-likeness (QED) is 0.470. The first-order valence-corrected chi connectivity index (χ1v) is 8.55. The second kappa shape index (κ2) is 9.03. The van der Waals surface area contributed by atoms with Gasteiger partial charge in [0.25, 0.3) is 0 Å². The van der Waals surface area contributed by atoms with Crippen LogP contribution >= 0.6 is 12.2 Å². The Morgan fingerprint density at radius 3 is 2.38 bits per heavy atom. The maximum Gasteiger partial charge on any atom is 0.191 e. The van der Waals surface area contributed by atoms with Gasteiger partial charge in [-0.15, -0.1) is 0 Å². The molecule has 0 saturated carbocycles. The van der Waals surface area contributed by atoms with E-state index in [0.717, 1.165) is 29.9 Å². The molecule has 0 bridgehead atoms. The van der Waals surface area contributed by atoms with Crippen LogP contribution in [0.2, 0.25) is 0 Å². The van der Waals surface area contributed by atoms with Gasteiger partial charge in [0.05, 0.1) is 6.21 Å². The Bertz CT molecular complexity index is 691. The molecule has 24 heavy (non-hydrogen) atoms. The Kier molecular flexibility index (Phi) is 6.75. The van der Waals surface area contributed by atoms with Crippen molar-refractivity contribution in [2.45, 2.75) is 20.8 Å². The van der Waals surface area contributed by atoms with Crippen molar-refractivity contribution in [2.75, 3.05) is 23.3 Å². The summed E-state index contributed by atoms with van der Waals surface area (Å²) >= 11 is 5.25. The number of para-hydroxylation sites is 1. The van der Waals surface area contributed by atoms with Gasteiger partial charge in [0.2, 0.25) is 0 Å². The number of hydrogen-bond donors (Lipinski definition) is 2. The second-order valence-electron chi connectivity index (χ2n) is 5.40. The molecule has 0 aliphatic rings. The molecule has 0 amide bonds. The molecule has 126 valence electrons. The minimum Gasteiger partial charge on any atom is -0.372 e. The summed E-state index contributed by atoms with van der Waals surface area (Å²) in [4.78, 5) is 2.31. The van der Waals surface area contributed by atoms with E-state index in [-0.39, 0.29) is 0 Å². The average Bonchev–Trinajstić information content (AvgIpc) is 2.59. The Morgan fingerprint density at radius 2 is 1.75 bits per heavy atom. The minimum absolute atomic E-state index is 0.473. The zero-order valence-electron chi connectivity index (χ0n) is 14.4. The van der Waals surface area contributed by atoms with Crippen LogP contribution in [0.5, 0.6) is 0 Å². The molecule has 2 rings (SSSR count). The summed E-state index contributed by atoms with van der Waals surface area (Å²) < 4.78 is 0. The van der Waals surface area contributed by atoms with Crippen molar-refractivity contribution in [3.05, 3.63) is 59.7 Å². The van der Waals surface area contributed by atoms with Crippen LogP contribution in [0.15, 0.2) is 53.6 Å². The Morgan fingerprint density at radius 1 is 1.08 bits per heavy atom. The van der Waals surface area contributed by atoms with Crippen molar-refractivity contribution in [3.63, 3.8) is 0 Å². The van der Waals surface area contributed by atoms with E-state index in [1.165, 1.54) is 5.69 Å². The molecule has 0 aliphatic carbocycles. The predicted molar refractivity (Wildman–Crippen MR) is 108 cm³/mol. The molecule has 5 heteroatoms. The van der Waals surface area contributed by atoms with Crippen LogP contribution in [0.4, 0.5) is 11.4 Å². The van der Waals surface area contributed by atoms with Crippen LogP contribution in [0.25, 0.3) is 0 Å². The summed E-state index contributed by atoms with van der Waals surface area (Å²) in [7, 11) is 0. The molecule has 0 unspecified atom stereocenters. The molecule has 0 heterocycles. The zero-order valence-corrected chi connectivity index (χ0v) is 15.2. The lowest BCUT2D eigenvalue weighted by Gasteiger charge is -2.20. The van der Waals surface area contributed by atoms with Crippen LogP contribution in [0, 0.1) is 6.92 Å². The topological polar surface area (TPSA) is 39.7 Å². The highest BCUT2D eigenvalue weighted by Crippen LogP contribution is 2.14. The van der Waals surface area contributed by atoms with Crippen molar-refractivity contribution < 1.29 is 0 Å². The molecule has 2 aromatic carbocycles. The first-order chi connectivity index (χ1) is 11.6. The highest BCUT2D eigenvalue weighted by Gasteiger charge is 2.01. The van der Waals surface area contributed by atoms with Gasteiger partial charge in [0.15, 0.2) is 5.11 Å². The van der Waals surface area contributed by atoms with Gasteiger partial charge in [-0.3, -0.25) is 5.43 Å². The number of hydrogen-bond acceptors (Lipinski definition) is 3. The van der Waals surface area contributed by atoms with E-state index in [0.29, 0.717) is 5.11 Å². The van der Waals surface area contributed by atoms with Crippen molar-refractivity contribution >= 4 is 34.9 Å². The van der Waals surface area contributed by atoms with E-state index in [1.807, 2.05) is 31.2 Å². The summed E-state index contributed by atoms with van der Waals surface area (Å²) in [6.07, 6.45) is 1.76. The molecular formula is C19H24N4S. The smallest absolute Gasteiger partial charge is 0.191 e. The van der Waals surface area contributed by atoms with Gasteiger partial charge >= 0.3 is 0 Å². The van der Waals surface area contributed by atoms with Crippen LogP contribution in [-0.2, 0) is 0 Å². The Balaban J connectivity index is 1.89. The number of anilines is 2. The van der Waals surface area contributed by atoms with Gasteiger partial charge in [-0.25, -0.2) is 0 Å². The van der Waals surface area contributed by atoms with E-state index in [4.69, 9.17) is 12.2 Å². The van der Waals surface area contributed by atoms with E-state index in [1.54, 1.807) is 6.21 Å². The normalized spacial score (nSPS) is 10.6. The standard InChI is InChI=1S/C19H24N4S/c1-4-23(5-2)17-12-10-16(11-13-17)14-20-22-19(24)21-18-9-7-6-8-15(18)3/h6-14H,4-5H2,1-3H3,(H2,21,22,24). The second-order valence-corrected chi connectivity index (χ2v) is 5.81.